The lowest BCUT2D eigenvalue weighted by molar-refractivity contribution is 0.299. The van der Waals surface area contributed by atoms with Crippen LogP contribution in [-0.2, 0) is 6.42 Å². The van der Waals surface area contributed by atoms with E-state index in [-0.39, 0.29) is 17.7 Å². The fraction of sp³-hybridized carbons (Fsp3) is 0.444. The molecule has 0 saturated carbocycles. The van der Waals surface area contributed by atoms with Crippen molar-refractivity contribution in [3.05, 3.63) is 58.0 Å². The van der Waals surface area contributed by atoms with Gasteiger partial charge in [-0.25, -0.2) is 14.4 Å². The van der Waals surface area contributed by atoms with Gasteiger partial charge in [-0.05, 0) is 62.9 Å². The Morgan fingerprint density at radius 3 is 2.51 bits per heavy atom. The molecule has 2 atom stereocenters. The average Bonchev–Trinajstić information content (AvgIpc) is 3.31. The summed E-state index contributed by atoms with van der Waals surface area (Å²) in [6.45, 7) is 7.52. The van der Waals surface area contributed by atoms with E-state index in [1.54, 1.807) is 18.3 Å². The number of nitrogens with zero attached hydrogens (tertiary/aromatic N) is 6. The zero-order chi connectivity index (χ0) is 26.1. The molecular formula is C27H31Cl2FN6O. The van der Waals surface area contributed by atoms with Crippen LogP contribution >= 0.6 is 23.2 Å². The third-order valence-electron chi connectivity index (χ3n) is 7.23. The van der Waals surface area contributed by atoms with E-state index in [1.165, 1.54) is 6.07 Å². The van der Waals surface area contributed by atoms with Crippen molar-refractivity contribution in [1.82, 2.24) is 15.0 Å². The van der Waals surface area contributed by atoms with Gasteiger partial charge in [0.25, 0.3) is 0 Å². The summed E-state index contributed by atoms with van der Waals surface area (Å²) in [5, 5.41) is 9.86. The molecule has 0 bridgehead atoms. The summed E-state index contributed by atoms with van der Waals surface area (Å²) < 4.78 is 13.9. The first-order valence-corrected chi connectivity index (χ1v) is 13.5. The van der Waals surface area contributed by atoms with Gasteiger partial charge in [0, 0.05) is 62.7 Å². The highest BCUT2D eigenvalue weighted by atomic mass is 35.5. The first-order valence-electron chi connectivity index (χ1n) is 12.7. The minimum absolute atomic E-state index is 0.0658. The molecule has 2 aliphatic rings. The van der Waals surface area contributed by atoms with Crippen molar-refractivity contribution in [2.75, 3.05) is 47.5 Å². The lowest BCUT2D eigenvalue weighted by atomic mass is 10.1. The summed E-state index contributed by atoms with van der Waals surface area (Å²) in [6, 6.07) is 9.04. The van der Waals surface area contributed by atoms with Crippen LogP contribution in [0.25, 0.3) is 11.3 Å². The van der Waals surface area contributed by atoms with Crippen LogP contribution in [0.1, 0.15) is 32.3 Å². The molecule has 196 valence electrons. The van der Waals surface area contributed by atoms with Crippen LogP contribution < -0.4 is 14.7 Å². The number of aliphatic hydroxyl groups excluding tert-OH is 1. The van der Waals surface area contributed by atoms with Gasteiger partial charge < -0.3 is 19.8 Å². The molecule has 0 spiro atoms. The first-order chi connectivity index (χ1) is 17.8. The van der Waals surface area contributed by atoms with Gasteiger partial charge in [0.1, 0.15) is 17.5 Å². The largest absolute Gasteiger partial charge is 0.396 e. The molecule has 1 aromatic carbocycles. The molecule has 2 aliphatic heterocycles. The van der Waals surface area contributed by atoms with Gasteiger partial charge >= 0.3 is 0 Å². The molecular weight excluding hydrogens is 514 g/mol. The second kappa shape index (κ2) is 11.0. The molecule has 2 aromatic heterocycles. The number of anilines is 3. The number of pyridine rings is 1. The van der Waals surface area contributed by atoms with E-state index < -0.39 is 5.82 Å². The number of rotatable bonds is 6. The Bertz CT molecular complexity index is 1280. The predicted octanol–water partition coefficient (Wildman–Crippen LogP) is 5.22. The monoisotopic (exact) mass is 544 g/mol. The second-order valence-corrected chi connectivity index (χ2v) is 10.7. The Morgan fingerprint density at radius 1 is 1.00 bits per heavy atom. The highest BCUT2D eigenvalue weighted by Crippen LogP contribution is 2.33. The zero-order valence-corrected chi connectivity index (χ0v) is 22.6. The third kappa shape index (κ3) is 5.47. The van der Waals surface area contributed by atoms with Gasteiger partial charge in [-0.3, -0.25) is 0 Å². The van der Waals surface area contributed by atoms with Gasteiger partial charge in [0.05, 0.1) is 15.7 Å². The number of aromatic nitrogens is 3. The van der Waals surface area contributed by atoms with Gasteiger partial charge in [0.15, 0.2) is 0 Å². The Morgan fingerprint density at radius 2 is 1.84 bits per heavy atom. The Hall–Kier alpha value is -2.68. The zero-order valence-electron chi connectivity index (χ0n) is 21.0. The van der Waals surface area contributed by atoms with Gasteiger partial charge in [-0.1, -0.05) is 23.2 Å². The van der Waals surface area contributed by atoms with Crippen LogP contribution in [0.3, 0.4) is 0 Å². The number of piperazine rings is 1. The first kappa shape index (κ1) is 25.9. The number of benzene rings is 1. The van der Waals surface area contributed by atoms with Crippen LogP contribution in [0.2, 0.25) is 10.0 Å². The van der Waals surface area contributed by atoms with E-state index in [0.717, 1.165) is 67.5 Å². The molecule has 2 fully saturated rings. The fourth-order valence-electron chi connectivity index (χ4n) is 5.19. The number of hydrogen-bond acceptors (Lipinski definition) is 7. The summed E-state index contributed by atoms with van der Waals surface area (Å²) in [5.74, 6) is 1.83. The van der Waals surface area contributed by atoms with Gasteiger partial charge in [0.2, 0.25) is 5.95 Å². The smallest absolute Gasteiger partial charge is 0.228 e. The highest BCUT2D eigenvalue weighted by molar-refractivity contribution is 6.33. The van der Waals surface area contributed by atoms with Crippen molar-refractivity contribution in [3.8, 4) is 11.3 Å². The fourth-order valence-corrected chi connectivity index (χ4v) is 5.68. The van der Waals surface area contributed by atoms with E-state index in [9.17, 15) is 9.50 Å². The van der Waals surface area contributed by atoms with E-state index in [4.69, 9.17) is 33.2 Å². The summed E-state index contributed by atoms with van der Waals surface area (Å²) in [5.41, 5.74) is 2.40. The highest BCUT2D eigenvalue weighted by Gasteiger charge is 2.29. The molecule has 3 aromatic rings. The van der Waals surface area contributed by atoms with E-state index in [2.05, 4.69) is 33.5 Å². The average molecular weight is 545 g/mol. The van der Waals surface area contributed by atoms with Crippen LogP contribution in [0.4, 0.5) is 22.0 Å². The lowest BCUT2D eigenvalue weighted by Gasteiger charge is -2.41. The van der Waals surface area contributed by atoms with Crippen molar-refractivity contribution in [3.63, 3.8) is 0 Å². The van der Waals surface area contributed by atoms with Crippen molar-refractivity contribution < 1.29 is 9.50 Å². The van der Waals surface area contributed by atoms with Crippen molar-refractivity contribution >= 4 is 40.8 Å². The molecule has 5 rings (SSSR count). The molecule has 2 saturated heterocycles. The van der Waals surface area contributed by atoms with Gasteiger partial charge in [-0.15, -0.1) is 0 Å². The molecule has 1 N–H and O–H groups in total. The molecule has 0 radical (unpaired) electrons. The number of aliphatic hydroxyl groups is 1. The summed E-state index contributed by atoms with van der Waals surface area (Å²) in [6.07, 6.45) is 4.52. The lowest BCUT2D eigenvalue weighted by Crippen LogP contribution is -2.52. The second-order valence-electron chi connectivity index (χ2n) is 9.84. The predicted molar refractivity (Wildman–Crippen MR) is 148 cm³/mol. The normalized spacial score (nSPS) is 20.1. The Balaban J connectivity index is 1.44. The Labute approximate surface area is 226 Å². The topological polar surface area (TPSA) is 68.6 Å². The number of hydrogen-bond donors (Lipinski definition) is 1. The minimum atomic E-state index is -0.450. The molecule has 4 heterocycles. The molecule has 0 aliphatic carbocycles. The van der Waals surface area contributed by atoms with Crippen LogP contribution in [0, 0.1) is 5.82 Å². The SMILES string of the molecule is CC1CN(c2ncc(CCO)cc2Cl)CCN1c1cc(-c2ccc(F)c(Cl)c2)nc(N2CCCC2C)n1. The van der Waals surface area contributed by atoms with Gasteiger partial charge in [-0.2, -0.15) is 4.98 Å². The summed E-state index contributed by atoms with van der Waals surface area (Å²) in [7, 11) is 0. The molecule has 0 amide bonds. The maximum absolute atomic E-state index is 13.9. The quantitative estimate of drug-likeness (QED) is 0.456. The van der Waals surface area contributed by atoms with Crippen LogP contribution in [-0.4, -0.2) is 64.9 Å². The van der Waals surface area contributed by atoms with Crippen molar-refractivity contribution in [2.24, 2.45) is 0 Å². The van der Waals surface area contributed by atoms with Crippen LogP contribution in [0.5, 0.6) is 0 Å². The molecule has 2 unspecified atom stereocenters. The van der Waals surface area contributed by atoms with Crippen molar-refractivity contribution in [1.29, 1.82) is 0 Å². The van der Waals surface area contributed by atoms with Crippen LogP contribution in [0.15, 0.2) is 36.5 Å². The maximum atomic E-state index is 13.9. The standard InChI is InChI=1S/C27H31Cl2FN6O/c1-17-4-3-8-36(17)27-32-24(20-5-6-23(30)21(28)13-20)14-25(33-27)35-10-9-34(16-18(35)2)26-22(29)12-19(7-11-37)15-31-26/h5-6,12-15,17-18,37H,3-4,7-11,16H2,1-2H3. The molecule has 10 heteroatoms. The van der Waals surface area contributed by atoms with E-state index in [0.29, 0.717) is 23.4 Å². The van der Waals surface area contributed by atoms with E-state index >= 15 is 0 Å². The molecule has 7 nitrogen and oxygen atoms in total. The minimum Gasteiger partial charge on any atom is -0.396 e. The van der Waals surface area contributed by atoms with Crippen molar-refractivity contribution in [2.45, 2.75) is 45.2 Å². The Kier molecular flexibility index (Phi) is 7.70. The van der Waals surface area contributed by atoms with E-state index in [1.807, 2.05) is 12.1 Å². The molecule has 37 heavy (non-hydrogen) atoms. The number of halogens is 3. The third-order valence-corrected chi connectivity index (χ3v) is 7.79. The summed E-state index contributed by atoms with van der Waals surface area (Å²) >= 11 is 12.7. The maximum Gasteiger partial charge on any atom is 0.228 e. The summed E-state index contributed by atoms with van der Waals surface area (Å²) in [4.78, 5) is 21.2.